The Morgan fingerprint density at radius 2 is 2.17 bits per heavy atom. The fourth-order valence-electron chi connectivity index (χ4n) is 1.28. The number of rotatable bonds is 0. The van der Waals surface area contributed by atoms with E-state index in [1.807, 2.05) is 24.6 Å². The molecule has 0 saturated carbocycles. The Morgan fingerprint density at radius 3 is 2.83 bits per heavy atom. The first-order valence-electron chi connectivity index (χ1n) is 3.72. The zero-order chi connectivity index (χ0) is 8.72. The molecule has 2 aromatic heterocycles. The molecule has 0 aromatic carbocycles. The van der Waals surface area contributed by atoms with E-state index in [1.54, 1.807) is 0 Å². The Kier molecular flexibility index (Phi) is 1.30. The van der Waals surface area contributed by atoms with Crippen molar-refractivity contribution >= 4 is 16.9 Å². The predicted molar refractivity (Wildman–Crippen MR) is 47.7 cm³/mol. The maximum absolute atomic E-state index is 5.67. The van der Waals surface area contributed by atoms with Crippen LogP contribution >= 0.6 is 0 Å². The van der Waals surface area contributed by atoms with Crippen LogP contribution in [0.25, 0.3) is 11.0 Å². The monoisotopic (exact) mass is 162 g/mol. The Hall–Kier alpha value is -1.58. The summed E-state index contributed by atoms with van der Waals surface area (Å²) in [5.41, 5.74) is 7.70. The minimum Gasteiger partial charge on any atom is -0.383 e. The molecule has 0 aliphatic carbocycles. The van der Waals surface area contributed by atoms with Crippen molar-refractivity contribution in [2.24, 2.45) is 7.05 Å². The van der Waals surface area contributed by atoms with Crippen molar-refractivity contribution in [2.45, 2.75) is 6.92 Å². The maximum atomic E-state index is 5.67. The molecule has 0 saturated heterocycles. The molecule has 0 radical (unpaired) electrons. The van der Waals surface area contributed by atoms with Gasteiger partial charge in [0, 0.05) is 12.7 Å². The molecule has 0 bridgehead atoms. The number of hydrogen-bond acceptors (Lipinski definition) is 3. The first-order chi connectivity index (χ1) is 5.70. The van der Waals surface area contributed by atoms with Gasteiger partial charge in [-0.25, -0.2) is 9.97 Å². The molecule has 0 unspecified atom stereocenters. The zero-order valence-corrected chi connectivity index (χ0v) is 7.07. The van der Waals surface area contributed by atoms with E-state index in [4.69, 9.17) is 5.73 Å². The smallest absolute Gasteiger partial charge is 0.145 e. The lowest BCUT2D eigenvalue weighted by Crippen LogP contribution is -1.95. The number of nitrogens with zero attached hydrogens (tertiary/aromatic N) is 3. The summed E-state index contributed by atoms with van der Waals surface area (Å²) in [5, 5.41) is 0.928. The number of aromatic nitrogens is 3. The average molecular weight is 162 g/mol. The number of aryl methyl sites for hydroxylation is 2. The van der Waals surface area contributed by atoms with Gasteiger partial charge in [-0.1, -0.05) is 0 Å². The first-order valence-corrected chi connectivity index (χ1v) is 3.72. The van der Waals surface area contributed by atoms with Gasteiger partial charge >= 0.3 is 0 Å². The van der Waals surface area contributed by atoms with E-state index in [1.165, 1.54) is 6.33 Å². The van der Waals surface area contributed by atoms with Gasteiger partial charge in [-0.3, -0.25) is 0 Å². The Morgan fingerprint density at radius 1 is 1.42 bits per heavy atom. The van der Waals surface area contributed by atoms with Crippen LogP contribution in [0.4, 0.5) is 5.82 Å². The van der Waals surface area contributed by atoms with Gasteiger partial charge in [-0.15, -0.1) is 0 Å². The van der Waals surface area contributed by atoms with Crippen LogP contribution < -0.4 is 5.73 Å². The van der Waals surface area contributed by atoms with E-state index in [0.717, 1.165) is 16.7 Å². The van der Waals surface area contributed by atoms with Gasteiger partial charge in [0.2, 0.25) is 0 Å². The summed E-state index contributed by atoms with van der Waals surface area (Å²) in [5.74, 6) is 0.545. The zero-order valence-electron chi connectivity index (χ0n) is 7.07. The summed E-state index contributed by atoms with van der Waals surface area (Å²) >= 11 is 0. The molecule has 2 N–H and O–H groups in total. The highest BCUT2D eigenvalue weighted by molar-refractivity contribution is 5.86. The van der Waals surface area contributed by atoms with Crippen LogP contribution in [0.5, 0.6) is 0 Å². The molecule has 0 aliphatic rings. The lowest BCUT2D eigenvalue weighted by atomic mass is 10.3. The molecular weight excluding hydrogens is 152 g/mol. The van der Waals surface area contributed by atoms with Crippen LogP contribution in [-0.2, 0) is 7.05 Å². The van der Waals surface area contributed by atoms with Gasteiger partial charge in [-0.2, -0.15) is 0 Å². The van der Waals surface area contributed by atoms with Crippen molar-refractivity contribution in [1.29, 1.82) is 0 Å². The molecule has 2 rings (SSSR count). The van der Waals surface area contributed by atoms with E-state index < -0.39 is 0 Å². The molecule has 0 amide bonds. The molecule has 12 heavy (non-hydrogen) atoms. The summed E-state index contributed by atoms with van der Waals surface area (Å²) in [6.45, 7) is 2.02. The highest BCUT2D eigenvalue weighted by Crippen LogP contribution is 2.19. The SMILES string of the molecule is Cc1cc2c(N)ncnc2n1C. The quantitative estimate of drug-likeness (QED) is 0.625. The molecule has 62 valence electrons. The van der Waals surface area contributed by atoms with Crippen molar-refractivity contribution in [3.05, 3.63) is 18.1 Å². The molecule has 2 heterocycles. The van der Waals surface area contributed by atoms with Gasteiger partial charge in [-0.05, 0) is 13.0 Å². The summed E-state index contributed by atoms with van der Waals surface area (Å²) in [4.78, 5) is 8.05. The molecular formula is C8H10N4. The minimum absolute atomic E-state index is 0.545. The standard InChI is InChI=1S/C8H10N4/c1-5-3-6-7(9)10-4-11-8(6)12(5)2/h3-4H,1-2H3,(H2,9,10,11). The fourth-order valence-corrected chi connectivity index (χ4v) is 1.28. The summed E-state index contributed by atoms with van der Waals surface area (Å²) < 4.78 is 1.99. The van der Waals surface area contributed by atoms with Crippen molar-refractivity contribution in [2.75, 3.05) is 5.73 Å². The third kappa shape index (κ3) is 0.777. The third-order valence-corrected chi connectivity index (χ3v) is 2.09. The second-order valence-electron chi connectivity index (χ2n) is 2.84. The molecule has 0 aliphatic heterocycles. The van der Waals surface area contributed by atoms with Crippen molar-refractivity contribution in [3.63, 3.8) is 0 Å². The highest BCUT2D eigenvalue weighted by Gasteiger charge is 2.05. The lowest BCUT2D eigenvalue weighted by Gasteiger charge is -1.96. The van der Waals surface area contributed by atoms with Gasteiger partial charge in [0.15, 0.2) is 0 Å². The van der Waals surface area contributed by atoms with Crippen molar-refractivity contribution in [3.8, 4) is 0 Å². The predicted octanol–water partition coefficient (Wildman–Crippen LogP) is 0.859. The second kappa shape index (κ2) is 2.20. The Bertz CT molecular complexity index is 430. The minimum atomic E-state index is 0.545. The summed E-state index contributed by atoms with van der Waals surface area (Å²) in [6, 6.07) is 1.99. The summed E-state index contributed by atoms with van der Waals surface area (Å²) in [6.07, 6.45) is 1.48. The average Bonchev–Trinajstić information content (AvgIpc) is 2.32. The molecule has 2 aromatic rings. The molecule has 0 spiro atoms. The number of anilines is 1. The Balaban J connectivity index is 2.95. The van der Waals surface area contributed by atoms with Crippen LogP contribution in [0.2, 0.25) is 0 Å². The van der Waals surface area contributed by atoms with E-state index in [9.17, 15) is 0 Å². The fraction of sp³-hybridized carbons (Fsp3) is 0.250. The first kappa shape index (κ1) is 7.09. The molecule has 4 heteroatoms. The normalized spacial score (nSPS) is 10.8. The maximum Gasteiger partial charge on any atom is 0.145 e. The highest BCUT2D eigenvalue weighted by atomic mass is 15.0. The van der Waals surface area contributed by atoms with E-state index >= 15 is 0 Å². The van der Waals surface area contributed by atoms with Gasteiger partial charge in [0.1, 0.15) is 17.8 Å². The molecule has 0 fully saturated rings. The lowest BCUT2D eigenvalue weighted by molar-refractivity contribution is 0.899. The van der Waals surface area contributed by atoms with Crippen molar-refractivity contribution < 1.29 is 0 Å². The topological polar surface area (TPSA) is 56.7 Å². The second-order valence-corrected chi connectivity index (χ2v) is 2.84. The van der Waals surface area contributed by atoms with Crippen LogP contribution in [0, 0.1) is 6.92 Å². The van der Waals surface area contributed by atoms with Crippen LogP contribution in [0.15, 0.2) is 12.4 Å². The number of fused-ring (bicyclic) bond motifs is 1. The van der Waals surface area contributed by atoms with Crippen LogP contribution in [0.3, 0.4) is 0 Å². The van der Waals surface area contributed by atoms with E-state index in [-0.39, 0.29) is 0 Å². The third-order valence-electron chi connectivity index (χ3n) is 2.09. The van der Waals surface area contributed by atoms with Gasteiger partial charge < -0.3 is 10.3 Å². The van der Waals surface area contributed by atoms with Crippen molar-refractivity contribution in [1.82, 2.24) is 14.5 Å². The molecule has 4 nitrogen and oxygen atoms in total. The molecule has 0 atom stereocenters. The summed E-state index contributed by atoms with van der Waals surface area (Å²) in [7, 11) is 1.96. The van der Waals surface area contributed by atoms with Gasteiger partial charge in [0.05, 0.1) is 5.39 Å². The number of nitrogen functional groups attached to an aromatic ring is 1. The van der Waals surface area contributed by atoms with Crippen LogP contribution in [-0.4, -0.2) is 14.5 Å². The number of hydrogen-bond donors (Lipinski definition) is 1. The van der Waals surface area contributed by atoms with Crippen LogP contribution in [0.1, 0.15) is 5.69 Å². The largest absolute Gasteiger partial charge is 0.383 e. The van der Waals surface area contributed by atoms with Gasteiger partial charge in [0.25, 0.3) is 0 Å². The van der Waals surface area contributed by atoms with E-state index in [0.29, 0.717) is 5.82 Å². The number of nitrogens with two attached hydrogens (primary N) is 1. The Labute approximate surface area is 70.0 Å². The van der Waals surface area contributed by atoms with E-state index in [2.05, 4.69) is 9.97 Å².